The SMILES string of the molecule is CN(C)c1ccnc(N[C@H]2CC[C@@H](CNC(=O)c3ccc(F)c(Cl)c3)CC2)n1. The summed E-state index contributed by atoms with van der Waals surface area (Å²) in [6.45, 7) is 0.604. The van der Waals surface area contributed by atoms with E-state index >= 15 is 0 Å². The molecule has 1 aromatic carbocycles. The van der Waals surface area contributed by atoms with Crippen LogP contribution in [0.25, 0.3) is 0 Å². The first kappa shape index (κ1) is 20.3. The second-order valence-electron chi connectivity index (χ2n) is 7.33. The Kier molecular flexibility index (Phi) is 6.67. The molecule has 0 unspecified atom stereocenters. The number of carbonyl (C=O) groups excluding carboxylic acids is 1. The molecule has 2 N–H and O–H groups in total. The smallest absolute Gasteiger partial charge is 0.251 e. The Morgan fingerprint density at radius 1 is 1.25 bits per heavy atom. The molecule has 1 aromatic heterocycles. The third-order valence-corrected chi connectivity index (χ3v) is 5.30. The van der Waals surface area contributed by atoms with E-state index in [-0.39, 0.29) is 10.9 Å². The van der Waals surface area contributed by atoms with Crippen molar-refractivity contribution >= 4 is 29.3 Å². The van der Waals surface area contributed by atoms with Gasteiger partial charge in [-0.2, -0.15) is 4.98 Å². The minimum atomic E-state index is -0.524. The van der Waals surface area contributed by atoms with E-state index in [2.05, 4.69) is 20.6 Å². The molecular formula is C20H25ClFN5O. The number of nitrogens with zero attached hydrogens (tertiary/aromatic N) is 3. The Hall–Kier alpha value is -2.41. The summed E-state index contributed by atoms with van der Waals surface area (Å²) in [6.07, 6.45) is 5.77. The highest BCUT2D eigenvalue weighted by Gasteiger charge is 2.22. The Bertz CT molecular complexity index is 824. The van der Waals surface area contributed by atoms with E-state index < -0.39 is 5.82 Å². The van der Waals surface area contributed by atoms with Gasteiger partial charge in [-0.1, -0.05) is 11.6 Å². The third-order valence-electron chi connectivity index (χ3n) is 5.01. The summed E-state index contributed by atoms with van der Waals surface area (Å²) in [5.74, 6) is 1.19. The number of amides is 1. The molecule has 0 aliphatic heterocycles. The van der Waals surface area contributed by atoms with E-state index in [9.17, 15) is 9.18 Å². The van der Waals surface area contributed by atoms with Gasteiger partial charge in [0.2, 0.25) is 5.95 Å². The second kappa shape index (κ2) is 9.19. The number of hydrogen-bond donors (Lipinski definition) is 2. The van der Waals surface area contributed by atoms with Gasteiger partial charge in [0.25, 0.3) is 5.91 Å². The average molecular weight is 406 g/mol. The van der Waals surface area contributed by atoms with Crippen molar-refractivity contribution in [2.45, 2.75) is 31.7 Å². The lowest BCUT2D eigenvalue weighted by Crippen LogP contribution is -2.34. The van der Waals surface area contributed by atoms with Gasteiger partial charge < -0.3 is 15.5 Å². The summed E-state index contributed by atoms with van der Waals surface area (Å²) in [6, 6.07) is 6.22. The molecule has 1 heterocycles. The van der Waals surface area contributed by atoms with Crippen LogP contribution in [0, 0.1) is 11.7 Å². The van der Waals surface area contributed by atoms with Crippen LogP contribution in [0.15, 0.2) is 30.5 Å². The first-order valence-electron chi connectivity index (χ1n) is 9.42. The van der Waals surface area contributed by atoms with Crippen LogP contribution in [-0.2, 0) is 0 Å². The van der Waals surface area contributed by atoms with E-state index in [0.717, 1.165) is 31.5 Å². The van der Waals surface area contributed by atoms with Gasteiger partial charge in [0.1, 0.15) is 11.6 Å². The van der Waals surface area contributed by atoms with Gasteiger partial charge >= 0.3 is 0 Å². The Balaban J connectivity index is 1.44. The number of hydrogen-bond acceptors (Lipinski definition) is 5. The number of nitrogens with one attached hydrogen (secondary N) is 2. The number of rotatable bonds is 6. The molecule has 28 heavy (non-hydrogen) atoms. The maximum atomic E-state index is 13.2. The van der Waals surface area contributed by atoms with Gasteiger partial charge in [-0.15, -0.1) is 0 Å². The highest BCUT2D eigenvalue weighted by Crippen LogP contribution is 2.26. The molecule has 1 saturated carbocycles. The van der Waals surface area contributed by atoms with E-state index in [1.54, 1.807) is 6.20 Å². The first-order valence-corrected chi connectivity index (χ1v) is 9.80. The van der Waals surface area contributed by atoms with E-state index in [1.165, 1.54) is 18.2 Å². The van der Waals surface area contributed by atoms with Crippen LogP contribution in [0.1, 0.15) is 36.0 Å². The van der Waals surface area contributed by atoms with Crippen LogP contribution < -0.4 is 15.5 Å². The number of halogens is 2. The molecule has 6 nitrogen and oxygen atoms in total. The molecule has 1 fully saturated rings. The van der Waals surface area contributed by atoms with Crippen molar-refractivity contribution in [3.8, 4) is 0 Å². The molecule has 150 valence electrons. The number of aromatic nitrogens is 2. The van der Waals surface area contributed by atoms with Crippen molar-refractivity contribution in [1.82, 2.24) is 15.3 Å². The summed E-state index contributed by atoms with van der Waals surface area (Å²) in [4.78, 5) is 23.0. The van der Waals surface area contributed by atoms with Crippen molar-refractivity contribution in [2.24, 2.45) is 5.92 Å². The maximum absolute atomic E-state index is 13.2. The van der Waals surface area contributed by atoms with Gasteiger partial charge in [-0.3, -0.25) is 4.79 Å². The molecule has 0 atom stereocenters. The molecule has 8 heteroatoms. The summed E-state index contributed by atoms with van der Waals surface area (Å²) in [7, 11) is 3.90. The molecular weight excluding hydrogens is 381 g/mol. The van der Waals surface area contributed by atoms with Crippen LogP contribution in [0.4, 0.5) is 16.2 Å². The molecule has 0 bridgehead atoms. The van der Waals surface area contributed by atoms with Crippen LogP contribution >= 0.6 is 11.6 Å². The van der Waals surface area contributed by atoms with Crippen molar-refractivity contribution in [3.05, 3.63) is 46.9 Å². The highest BCUT2D eigenvalue weighted by atomic mass is 35.5. The summed E-state index contributed by atoms with van der Waals surface area (Å²) < 4.78 is 13.2. The summed E-state index contributed by atoms with van der Waals surface area (Å²) in [5, 5.41) is 6.30. The fourth-order valence-electron chi connectivity index (χ4n) is 3.34. The molecule has 1 amide bonds. The monoisotopic (exact) mass is 405 g/mol. The van der Waals surface area contributed by atoms with E-state index in [1.807, 2.05) is 25.1 Å². The zero-order valence-electron chi connectivity index (χ0n) is 16.1. The predicted molar refractivity (Wildman–Crippen MR) is 109 cm³/mol. The number of benzene rings is 1. The molecule has 2 aromatic rings. The molecule has 0 saturated heterocycles. The summed E-state index contributed by atoms with van der Waals surface area (Å²) in [5.41, 5.74) is 0.375. The van der Waals surface area contributed by atoms with Gasteiger partial charge in [0, 0.05) is 38.4 Å². The third kappa shape index (κ3) is 5.32. The van der Waals surface area contributed by atoms with E-state index in [0.29, 0.717) is 30.0 Å². The van der Waals surface area contributed by atoms with Crippen LogP contribution in [0.3, 0.4) is 0 Å². The van der Waals surface area contributed by atoms with Crippen LogP contribution in [0.2, 0.25) is 5.02 Å². The zero-order valence-corrected chi connectivity index (χ0v) is 16.8. The molecule has 1 aliphatic rings. The lowest BCUT2D eigenvalue weighted by atomic mass is 9.86. The first-order chi connectivity index (χ1) is 13.4. The van der Waals surface area contributed by atoms with Crippen molar-refractivity contribution < 1.29 is 9.18 Å². The summed E-state index contributed by atoms with van der Waals surface area (Å²) >= 11 is 5.74. The highest BCUT2D eigenvalue weighted by molar-refractivity contribution is 6.31. The number of anilines is 2. The fourth-order valence-corrected chi connectivity index (χ4v) is 3.52. The van der Waals surface area contributed by atoms with Gasteiger partial charge in [-0.25, -0.2) is 9.37 Å². The van der Waals surface area contributed by atoms with Crippen LogP contribution in [0.5, 0.6) is 0 Å². The van der Waals surface area contributed by atoms with Crippen molar-refractivity contribution in [1.29, 1.82) is 0 Å². The maximum Gasteiger partial charge on any atom is 0.251 e. The minimum Gasteiger partial charge on any atom is -0.363 e. The Morgan fingerprint density at radius 3 is 2.68 bits per heavy atom. The standard InChI is InChI=1S/C20H25ClFN5O/c1-27(2)18-9-10-23-20(26-18)25-15-6-3-13(4-7-15)12-24-19(28)14-5-8-17(22)16(21)11-14/h5,8-11,13,15H,3-4,6-7,12H2,1-2H3,(H,24,28)(H,23,25,26)/t13-,15+. The largest absolute Gasteiger partial charge is 0.363 e. The fraction of sp³-hybridized carbons (Fsp3) is 0.450. The topological polar surface area (TPSA) is 70.2 Å². The van der Waals surface area contributed by atoms with Gasteiger partial charge in [-0.05, 0) is 55.9 Å². The predicted octanol–water partition coefficient (Wildman–Crippen LogP) is 3.74. The molecule has 0 radical (unpaired) electrons. The Labute approximate surface area is 169 Å². The normalized spacial score (nSPS) is 19.1. The Morgan fingerprint density at radius 2 is 2.00 bits per heavy atom. The lowest BCUT2D eigenvalue weighted by Gasteiger charge is -2.29. The van der Waals surface area contributed by atoms with E-state index in [4.69, 9.17) is 11.6 Å². The average Bonchev–Trinajstić information content (AvgIpc) is 2.69. The second-order valence-corrected chi connectivity index (χ2v) is 7.74. The van der Waals surface area contributed by atoms with Gasteiger partial charge in [0.15, 0.2) is 0 Å². The van der Waals surface area contributed by atoms with Gasteiger partial charge in [0.05, 0.1) is 5.02 Å². The van der Waals surface area contributed by atoms with Crippen LogP contribution in [-0.4, -0.2) is 42.6 Å². The van der Waals surface area contributed by atoms with Crippen molar-refractivity contribution in [2.75, 3.05) is 30.9 Å². The molecule has 0 spiro atoms. The minimum absolute atomic E-state index is 0.0419. The zero-order chi connectivity index (χ0) is 20.1. The lowest BCUT2D eigenvalue weighted by molar-refractivity contribution is 0.0943. The molecule has 1 aliphatic carbocycles. The van der Waals surface area contributed by atoms with Crippen molar-refractivity contribution in [3.63, 3.8) is 0 Å². The quantitative estimate of drug-likeness (QED) is 0.766. The number of carbonyl (C=O) groups is 1. The molecule has 3 rings (SSSR count).